The molecule has 0 fully saturated rings. The predicted octanol–water partition coefficient (Wildman–Crippen LogP) is 5.10. The summed E-state index contributed by atoms with van der Waals surface area (Å²) < 4.78 is 4.82. The molecule has 0 aliphatic carbocycles. The highest BCUT2D eigenvalue weighted by atomic mass is 16.5. The summed E-state index contributed by atoms with van der Waals surface area (Å²) in [5, 5.41) is 6.32. The Morgan fingerprint density at radius 3 is 2.26 bits per heavy atom. The maximum absolute atomic E-state index is 13.2. The Morgan fingerprint density at radius 1 is 0.949 bits per heavy atom. The summed E-state index contributed by atoms with van der Waals surface area (Å²) >= 11 is 0. The van der Waals surface area contributed by atoms with Crippen molar-refractivity contribution in [2.75, 3.05) is 43.3 Å². The van der Waals surface area contributed by atoms with Crippen LogP contribution in [0.1, 0.15) is 41.8 Å². The molecule has 0 unspecified atom stereocenters. The van der Waals surface area contributed by atoms with Crippen molar-refractivity contribution in [2.45, 2.75) is 26.3 Å². The van der Waals surface area contributed by atoms with E-state index in [9.17, 15) is 14.4 Å². The summed E-state index contributed by atoms with van der Waals surface area (Å²) in [6, 6.07) is 22.3. The molecule has 0 saturated heterocycles. The van der Waals surface area contributed by atoms with Crippen LogP contribution in [0.3, 0.4) is 0 Å². The SMILES string of the molecule is COC(=O)c1ccc2c(c1)NC(=O)C2=C(Nc1ccc(N(C(=O)CCN(C)C)C(C)C)cc1)c1ccccc1. The van der Waals surface area contributed by atoms with Gasteiger partial charge in [-0.2, -0.15) is 0 Å². The number of carbonyl (C=O) groups excluding carboxylic acids is 3. The van der Waals surface area contributed by atoms with Crippen LogP contribution in [0.25, 0.3) is 11.3 Å². The fraction of sp³-hybridized carbons (Fsp3) is 0.258. The van der Waals surface area contributed by atoms with Crippen molar-refractivity contribution in [3.63, 3.8) is 0 Å². The molecule has 2 amide bonds. The lowest BCUT2D eigenvalue weighted by molar-refractivity contribution is -0.119. The number of methoxy groups -OCH3 is 1. The van der Waals surface area contributed by atoms with Crippen molar-refractivity contribution in [3.8, 4) is 0 Å². The third-order valence-corrected chi connectivity index (χ3v) is 6.47. The van der Waals surface area contributed by atoms with Crippen LogP contribution in [-0.2, 0) is 14.3 Å². The molecule has 0 radical (unpaired) electrons. The molecule has 1 aliphatic heterocycles. The molecule has 4 rings (SSSR count). The number of nitrogens with zero attached hydrogens (tertiary/aromatic N) is 2. The van der Waals surface area contributed by atoms with Gasteiger partial charge >= 0.3 is 5.97 Å². The van der Waals surface area contributed by atoms with Crippen LogP contribution < -0.4 is 15.5 Å². The standard InChI is InChI=1S/C31H34N4O4/c1-20(2)35(27(36)17-18-34(3)4)24-14-12-23(13-15-24)32-29(21-9-7-6-8-10-21)28-25-16-11-22(31(38)39-5)19-26(25)33-30(28)37/h6-16,19-20,32H,17-18H2,1-5H3,(H,33,37). The van der Waals surface area contributed by atoms with Gasteiger partial charge in [0.25, 0.3) is 5.91 Å². The van der Waals surface area contributed by atoms with E-state index in [0.717, 1.165) is 16.9 Å². The molecule has 39 heavy (non-hydrogen) atoms. The minimum Gasteiger partial charge on any atom is -0.465 e. The zero-order valence-corrected chi connectivity index (χ0v) is 22.9. The van der Waals surface area contributed by atoms with E-state index in [2.05, 4.69) is 10.6 Å². The van der Waals surface area contributed by atoms with E-state index in [1.54, 1.807) is 18.2 Å². The van der Waals surface area contributed by atoms with Crippen molar-refractivity contribution < 1.29 is 19.1 Å². The maximum atomic E-state index is 13.2. The van der Waals surface area contributed by atoms with Crippen molar-refractivity contribution in [2.24, 2.45) is 0 Å². The van der Waals surface area contributed by atoms with E-state index in [-0.39, 0.29) is 17.9 Å². The van der Waals surface area contributed by atoms with Crippen molar-refractivity contribution in [1.82, 2.24) is 4.90 Å². The van der Waals surface area contributed by atoms with Gasteiger partial charge < -0.3 is 25.2 Å². The second-order valence-corrected chi connectivity index (χ2v) is 9.90. The van der Waals surface area contributed by atoms with Crippen LogP contribution in [0.2, 0.25) is 0 Å². The second kappa shape index (κ2) is 12.0. The van der Waals surface area contributed by atoms with E-state index in [1.807, 2.05) is 92.3 Å². The topological polar surface area (TPSA) is 91.0 Å². The number of esters is 1. The summed E-state index contributed by atoms with van der Waals surface area (Å²) in [7, 11) is 5.23. The van der Waals surface area contributed by atoms with Gasteiger partial charge in [-0.05, 0) is 69.9 Å². The van der Waals surface area contributed by atoms with Crippen molar-refractivity contribution in [3.05, 3.63) is 89.5 Å². The first kappa shape index (κ1) is 27.6. The number of hydrogen-bond acceptors (Lipinski definition) is 6. The van der Waals surface area contributed by atoms with Gasteiger partial charge in [-0.3, -0.25) is 9.59 Å². The largest absolute Gasteiger partial charge is 0.465 e. The molecule has 8 nitrogen and oxygen atoms in total. The van der Waals surface area contributed by atoms with Gasteiger partial charge in [0.15, 0.2) is 0 Å². The van der Waals surface area contributed by atoms with Crippen LogP contribution >= 0.6 is 0 Å². The fourth-order valence-electron chi connectivity index (χ4n) is 4.57. The predicted molar refractivity (Wildman–Crippen MR) is 156 cm³/mol. The molecule has 3 aromatic carbocycles. The van der Waals surface area contributed by atoms with Gasteiger partial charge in [-0.1, -0.05) is 36.4 Å². The Morgan fingerprint density at radius 2 is 1.64 bits per heavy atom. The molecule has 1 heterocycles. The van der Waals surface area contributed by atoms with E-state index in [0.29, 0.717) is 41.1 Å². The summed E-state index contributed by atoms with van der Waals surface area (Å²) in [6.07, 6.45) is 0.432. The number of hydrogen-bond donors (Lipinski definition) is 2. The van der Waals surface area contributed by atoms with Gasteiger partial charge in [0.1, 0.15) is 0 Å². The molecule has 0 aromatic heterocycles. The molecule has 2 N–H and O–H groups in total. The molecule has 1 aliphatic rings. The number of carbonyl (C=O) groups is 3. The summed E-state index contributed by atoms with van der Waals surface area (Å²) in [5.41, 5.74) is 5.11. The monoisotopic (exact) mass is 526 g/mol. The number of amides is 2. The fourth-order valence-corrected chi connectivity index (χ4v) is 4.57. The first-order chi connectivity index (χ1) is 18.7. The summed E-state index contributed by atoms with van der Waals surface area (Å²) in [5.74, 6) is -0.675. The molecular weight excluding hydrogens is 492 g/mol. The minimum absolute atomic E-state index is 0.00837. The highest BCUT2D eigenvalue weighted by Gasteiger charge is 2.29. The molecule has 0 spiro atoms. The molecule has 3 aromatic rings. The molecular formula is C31H34N4O4. The Hall–Kier alpha value is -4.43. The number of benzene rings is 3. The van der Waals surface area contributed by atoms with Crippen LogP contribution in [0.5, 0.6) is 0 Å². The van der Waals surface area contributed by atoms with Gasteiger partial charge in [-0.15, -0.1) is 0 Å². The van der Waals surface area contributed by atoms with Gasteiger partial charge in [-0.25, -0.2) is 4.79 Å². The lowest BCUT2D eigenvalue weighted by Gasteiger charge is -2.28. The first-order valence-electron chi connectivity index (χ1n) is 12.9. The molecule has 202 valence electrons. The van der Waals surface area contributed by atoms with Crippen LogP contribution in [0.4, 0.5) is 17.1 Å². The molecule has 0 bridgehead atoms. The Balaban J connectivity index is 1.70. The number of fused-ring (bicyclic) bond motifs is 1. The number of anilines is 3. The van der Waals surface area contributed by atoms with Gasteiger partial charge in [0, 0.05) is 35.9 Å². The second-order valence-electron chi connectivity index (χ2n) is 9.90. The van der Waals surface area contributed by atoms with Gasteiger partial charge in [0.05, 0.1) is 29.6 Å². The number of rotatable bonds is 9. The van der Waals surface area contributed by atoms with Gasteiger partial charge in [0.2, 0.25) is 5.91 Å². The third kappa shape index (κ3) is 6.18. The maximum Gasteiger partial charge on any atom is 0.337 e. The highest BCUT2D eigenvalue weighted by molar-refractivity contribution is 6.37. The van der Waals surface area contributed by atoms with Crippen molar-refractivity contribution in [1.29, 1.82) is 0 Å². The lowest BCUT2D eigenvalue weighted by atomic mass is 9.99. The normalized spacial score (nSPS) is 13.7. The van der Waals surface area contributed by atoms with Crippen LogP contribution in [0, 0.1) is 0 Å². The Bertz CT molecular complexity index is 1400. The highest BCUT2D eigenvalue weighted by Crippen LogP contribution is 2.38. The Kier molecular flexibility index (Phi) is 8.46. The molecule has 0 saturated carbocycles. The third-order valence-electron chi connectivity index (χ3n) is 6.47. The molecule has 8 heteroatoms. The van der Waals surface area contributed by atoms with E-state index < -0.39 is 5.97 Å². The minimum atomic E-state index is -0.471. The van der Waals surface area contributed by atoms with Crippen LogP contribution in [-0.4, -0.2) is 56.5 Å². The summed E-state index contributed by atoms with van der Waals surface area (Å²) in [4.78, 5) is 42.0. The van der Waals surface area contributed by atoms with Crippen LogP contribution in [0.15, 0.2) is 72.8 Å². The lowest BCUT2D eigenvalue weighted by Crippen LogP contribution is -2.38. The average molecular weight is 527 g/mol. The Labute approximate surface area is 229 Å². The van der Waals surface area contributed by atoms with E-state index in [4.69, 9.17) is 4.74 Å². The zero-order valence-electron chi connectivity index (χ0n) is 22.9. The molecule has 0 atom stereocenters. The zero-order chi connectivity index (χ0) is 28.1. The summed E-state index contributed by atoms with van der Waals surface area (Å²) in [6.45, 7) is 4.68. The first-order valence-corrected chi connectivity index (χ1v) is 12.9. The van der Waals surface area contributed by atoms with Crippen molar-refractivity contribution >= 4 is 46.1 Å². The number of nitrogens with one attached hydrogen (secondary N) is 2. The number of ether oxygens (including phenoxy) is 1. The van der Waals surface area contributed by atoms with E-state index >= 15 is 0 Å². The smallest absolute Gasteiger partial charge is 0.337 e. The van der Waals surface area contributed by atoms with E-state index in [1.165, 1.54) is 7.11 Å². The quantitative estimate of drug-likeness (QED) is 0.298. The average Bonchev–Trinajstić information content (AvgIpc) is 3.25.